The lowest BCUT2D eigenvalue weighted by Gasteiger charge is -2.10. The summed E-state index contributed by atoms with van der Waals surface area (Å²) in [5.74, 6) is 0.0978. The van der Waals surface area contributed by atoms with Crippen LogP contribution >= 0.6 is 0 Å². The molecule has 5 rings (SSSR count). The summed E-state index contributed by atoms with van der Waals surface area (Å²) in [6.45, 7) is 0.185. The number of aromatic nitrogens is 2. The summed E-state index contributed by atoms with van der Waals surface area (Å²) in [6.07, 6.45) is -4.42. The van der Waals surface area contributed by atoms with Crippen molar-refractivity contribution in [3.05, 3.63) is 108 Å². The molecule has 2 amide bonds. The number of aromatic amines is 1. The molecule has 37 heavy (non-hydrogen) atoms. The average Bonchev–Trinajstić information content (AvgIpc) is 3.31. The predicted molar refractivity (Wildman–Crippen MR) is 134 cm³/mol. The number of fused-ring (bicyclic) bond motifs is 1. The van der Waals surface area contributed by atoms with Crippen molar-refractivity contribution < 1.29 is 22.4 Å². The number of benzene rings is 4. The van der Waals surface area contributed by atoms with Crippen LogP contribution in [-0.2, 0) is 12.7 Å². The third-order valence-electron chi connectivity index (χ3n) is 5.76. The Hall–Kier alpha value is -4.66. The largest absolute Gasteiger partial charge is 0.416 e. The van der Waals surface area contributed by atoms with E-state index >= 15 is 0 Å². The quantitative estimate of drug-likeness (QED) is 0.219. The number of urea groups is 1. The van der Waals surface area contributed by atoms with E-state index in [1.54, 1.807) is 18.2 Å². The van der Waals surface area contributed by atoms with Crippen LogP contribution in [0.4, 0.5) is 28.0 Å². The zero-order valence-corrected chi connectivity index (χ0v) is 19.2. The van der Waals surface area contributed by atoms with Gasteiger partial charge in [-0.1, -0.05) is 48.5 Å². The number of amides is 2. The normalized spacial score (nSPS) is 11.5. The summed E-state index contributed by atoms with van der Waals surface area (Å²) in [4.78, 5) is 19.6. The minimum absolute atomic E-state index is 0.185. The number of anilines is 1. The van der Waals surface area contributed by atoms with Crippen LogP contribution in [0.2, 0.25) is 0 Å². The van der Waals surface area contributed by atoms with Gasteiger partial charge in [-0.15, -0.1) is 0 Å². The van der Waals surface area contributed by atoms with Gasteiger partial charge in [0.15, 0.2) is 0 Å². The van der Waals surface area contributed by atoms with E-state index in [1.807, 2.05) is 42.5 Å². The maximum atomic E-state index is 13.3. The highest BCUT2D eigenvalue weighted by Crippen LogP contribution is 2.32. The molecule has 0 unspecified atom stereocenters. The SMILES string of the molecule is O=C(NCc1cccc(F)c1)Nc1cccc(-c2ccc(-c3nc4ccc(C(F)(F)F)cc4[nH]3)cc2)c1. The summed E-state index contributed by atoms with van der Waals surface area (Å²) >= 11 is 0. The summed E-state index contributed by atoms with van der Waals surface area (Å²) < 4.78 is 52.3. The summed E-state index contributed by atoms with van der Waals surface area (Å²) in [7, 11) is 0. The summed E-state index contributed by atoms with van der Waals surface area (Å²) in [5.41, 5.74) is 3.70. The number of carbonyl (C=O) groups is 1. The first-order valence-corrected chi connectivity index (χ1v) is 11.3. The van der Waals surface area contributed by atoms with Crippen LogP contribution in [-0.4, -0.2) is 16.0 Å². The van der Waals surface area contributed by atoms with Crippen LogP contribution in [0.15, 0.2) is 91.0 Å². The highest BCUT2D eigenvalue weighted by atomic mass is 19.4. The molecule has 3 N–H and O–H groups in total. The number of nitrogens with one attached hydrogen (secondary N) is 3. The fourth-order valence-electron chi connectivity index (χ4n) is 3.92. The summed E-state index contributed by atoms with van der Waals surface area (Å²) in [5, 5.41) is 5.46. The van der Waals surface area contributed by atoms with Crippen LogP contribution in [0, 0.1) is 5.82 Å². The molecule has 9 heteroatoms. The van der Waals surface area contributed by atoms with E-state index in [9.17, 15) is 22.4 Å². The van der Waals surface area contributed by atoms with Crippen molar-refractivity contribution in [1.29, 1.82) is 0 Å². The number of hydrogen-bond acceptors (Lipinski definition) is 2. The Morgan fingerprint density at radius 1 is 0.838 bits per heavy atom. The first kappa shape index (κ1) is 24.1. The van der Waals surface area contributed by atoms with Crippen molar-refractivity contribution in [2.75, 3.05) is 5.32 Å². The van der Waals surface area contributed by atoms with Gasteiger partial charge in [-0.05, 0) is 59.2 Å². The highest BCUT2D eigenvalue weighted by molar-refractivity contribution is 5.90. The van der Waals surface area contributed by atoms with Crippen molar-refractivity contribution in [3.63, 3.8) is 0 Å². The van der Waals surface area contributed by atoms with Gasteiger partial charge in [0.25, 0.3) is 0 Å². The Labute approximate surface area is 209 Å². The van der Waals surface area contributed by atoms with E-state index in [0.717, 1.165) is 28.8 Å². The molecular formula is C28H20F4N4O. The number of nitrogens with zero attached hydrogens (tertiary/aromatic N) is 1. The molecule has 0 fully saturated rings. The maximum Gasteiger partial charge on any atom is 0.416 e. The number of carbonyl (C=O) groups excluding carboxylic acids is 1. The van der Waals surface area contributed by atoms with Crippen LogP contribution in [0.1, 0.15) is 11.1 Å². The lowest BCUT2D eigenvalue weighted by molar-refractivity contribution is -0.137. The van der Waals surface area contributed by atoms with E-state index < -0.39 is 17.8 Å². The molecule has 1 aromatic heterocycles. The zero-order chi connectivity index (χ0) is 26.0. The number of rotatable bonds is 5. The molecule has 0 aliphatic carbocycles. The molecule has 0 saturated heterocycles. The van der Waals surface area contributed by atoms with E-state index in [4.69, 9.17) is 0 Å². The van der Waals surface area contributed by atoms with Gasteiger partial charge in [-0.2, -0.15) is 13.2 Å². The highest BCUT2D eigenvalue weighted by Gasteiger charge is 2.30. The van der Waals surface area contributed by atoms with Gasteiger partial charge in [0.05, 0.1) is 16.6 Å². The Morgan fingerprint density at radius 2 is 1.59 bits per heavy atom. The number of imidazole rings is 1. The number of halogens is 4. The standard InChI is InChI=1S/C28H20F4N4O/c29-22-5-1-3-17(13-22)16-33-27(37)34-23-6-2-4-20(14-23)18-7-9-19(10-8-18)26-35-24-12-11-21(28(30,31)32)15-25(24)36-26/h1-15H,16H2,(H,35,36)(H2,33,34,37). The second kappa shape index (κ2) is 9.77. The minimum Gasteiger partial charge on any atom is -0.338 e. The van der Waals surface area contributed by atoms with Crippen molar-refractivity contribution in [1.82, 2.24) is 15.3 Å². The topological polar surface area (TPSA) is 69.8 Å². The predicted octanol–water partition coefficient (Wildman–Crippen LogP) is 7.38. The van der Waals surface area contributed by atoms with Gasteiger partial charge >= 0.3 is 12.2 Å². The Morgan fingerprint density at radius 3 is 2.35 bits per heavy atom. The van der Waals surface area contributed by atoms with Gasteiger partial charge in [-0.3, -0.25) is 0 Å². The molecule has 0 saturated carbocycles. The lowest BCUT2D eigenvalue weighted by atomic mass is 10.0. The van der Waals surface area contributed by atoms with Crippen LogP contribution in [0.3, 0.4) is 0 Å². The van der Waals surface area contributed by atoms with E-state index in [2.05, 4.69) is 20.6 Å². The van der Waals surface area contributed by atoms with Crippen LogP contribution < -0.4 is 10.6 Å². The molecule has 0 aliphatic rings. The Kier molecular flexibility index (Phi) is 6.35. The molecule has 0 radical (unpaired) electrons. The van der Waals surface area contributed by atoms with Crippen molar-refractivity contribution in [2.24, 2.45) is 0 Å². The van der Waals surface area contributed by atoms with Gasteiger partial charge in [0.1, 0.15) is 11.6 Å². The lowest BCUT2D eigenvalue weighted by Crippen LogP contribution is -2.28. The molecule has 0 bridgehead atoms. The van der Waals surface area contributed by atoms with Gasteiger partial charge < -0.3 is 15.6 Å². The molecule has 1 heterocycles. The minimum atomic E-state index is -4.42. The van der Waals surface area contributed by atoms with Crippen LogP contribution in [0.25, 0.3) is 33.5 Å². The van der Waals surface area contributed by atoms with Gasteiger partial charge in [0, 0.05) is 17.8 Å². The third-order valence-corrected chi connectivity index (χ3v) is 5.76. The van der Waals surface area contributed by atoms with E-state index in [-0.39, 0.29) is 12.4 Å². The average molecular weight is 504 g/mol. The number of alkyl halides is 3. The molecule has 0 aliphatic heterocycles. The van der Waals surface area contributed by atoms with Crippen LogP contribution in [0.5, 0.6) is 0 Å². The molecule has 5 aromatic rings. The second-order valence-electron chi connectivity index (χ2n) is 8.41. The Balaban J connectivity index is 1.28. The molecule has 0 atom stereocenters. The smallest absolute Gasteiger partial charge is 0.338 e. The maximum absolute atomic E-state index is 13.3. The molecular weight excluding hydrogens is 484 g/mol. The third kappa shape index (κ3) is 5.61. The van der Waals surface area contributed by atoms with E-state index in [1.165, 1.54) is 18.2 Å². The number of hydrogen-bond donors (Lipinski definition) is 3. The van der Waals surface area contributed by atoms with Gasteiger partial charge in [-0.25, -0.2) is 14.2 Å². The zero-order valence-electron chi connectivity index (χ0n) is 19.2. The Bertz CT molecular complexity index is 1580. The van der Waals surface area contributed by atoms with Crippen molar-refractivity contribution >= 4 is 22.8 Å². The molecule has 5 nitrogen and oxygen atoms in total. The molecule has 186 valence electrons. The fraction of sp³-hybridized carbons (Fsp3) is 0.0714. The monoisotopic (exact) mass is 504 g/mol. The van der Waals surface area contributed by atoms with Crippen molar-refractivity contribution in [3.8, 4) is 22.5 Å². The van der Waals surface area contributed by atoms with Crippen molar-refractivity contribution in [2.45, 2.75) is 12.7 Å². The first-order chi connectivity index (χ1) is 17.7. The first-order valence-electron chi connectivity index (χ1n) is 11.3. The van der Waals surface area contributed by atoms with Gasteiger partial charge in [0.2, 0.25) is 0 Å². The second-order valence-corrected chi connectivity index (χ2v) is 8.41. The summed E-state index contributed by atoms with van der Waals surface area (Å²) in [6, 6.07) is 23.6. The molecule has 4 aromatic carbocycles. The number of H-pyrrole nitrogens is 1. The fourth-order valence-corrected chi connectivity index (χ4v) is 3.92. The molecule has 0 spiro atoms. The van der Waals surface area contributed by atoms with E-state index in [0.29, 0.717) is 28.1 Å².